The lowest BCUT2D eigenvalue weighted by Crippen LogP contribution is -2.65. The molecular weight excluding hydrogens is 708 g/mol. The van der Waals surface area contributed by atoms with Gasteiger partial charge in [-0.05, 0) is 11.5 Å². The Morgan fingerprint density at radius 3 is 1.94 bits per heavy atom. The van der Waals surface area contributed by atoms with Crippen molar-refractivity contribution in [3.63, 3.8) is 0 Å². The second-order valence-electron chi connectivity index (χ2n) is 14.1. The van der Waals surface area contributed by atoms with Gasteiger partial charge in [-0.2, -0.15) is 0 Å². The topological polar surface area (TPSA) is 275 Å². The lowest BCUT2D eigenvalue weighted by Gasteiger charge is -2.48. The van der Waals surface area contributed by atoms with Crippen molar-refractivity contribution in [2.75, 3.05) is 39.5 Å². The molecule has 1 aromatic carbocycles. The molecule has 0 aliphatic carbocycles. The van der Waals surface area contributed by atoms with Crippen LogP contribution in [0.15, 0.2) is 24.3 Å². The van der Waals surface area contributed by atoms with Crippen LogP contribution in [0.5, 0.6) is 0 Å². The van der Waals surface area contributed by atoms with Crippen molar-refractivity contribution in [3.05, 3.63) is 41.2 Å². The molecule has 19 heteroatoms. The van der Waals surface area contributed by atoms with Gasteiger partial charge in [-0.15, -0.1) is 0 Å². The molecule has 4 fully saturated rings. The Morgan fingerprint density at radius 1 is 0.698 bits per heavy atom. The van der Waals surface area contributed by atoms with Crippen LogP contribution >= 0.6 is 0 Å². The third kappa shape index (κ3) is 9.69. The number of aliphatic hydroxyl groups is 10. The fraction of sp³-hybridized carbons (Fsp3) is 0.794. The standard InChI is InChI=1S/C34H52N2O17/c1-15(2)30-28(45)31(53-34-27(44)26(43)23(40)19(12-38)51-34)25(42)21(49-30)14-47-33-29(46)32(24(41)20(13-39)50-33)52-22-10-36(9-18(11-37)48-22)8-16-4-6-17(35-3)7-5-16/h4-7,15,18-34,37-46H,8-14H2,1-2H3. The second-order valence-corrected chi connectivity index (χ2v) is 14.1. The SMILES string of the molecule is [C-]#[N+]c1ccc(CN2CC(CO)OC(OC3C(O)C(CO)OC(OCC4OC(C(C)C)C(O)C(OC5OC(CO)C(O)C(O)C5O)C4O)C3O)C2)cc1. The van der Waals surface area contributed by atoms with Crippen LogP contribution in [0.4, 0.5) is 5.69 Å². The zero-order valence-electron chi connectivity index (χ0n) is 29.4. The maximum atomic E-state index is 11.4. The van der Waals surface area contributed by atoms with E-state index < -0.39 is 124 Å². The lowest BCUT2D eigenvalue weighted by atomic mass is 9.89. The summed E-state index contributed by atoms with van der Waals surface area (Å²) in [6, 6.07) is 7.01. The molecule has 5 rings (SSSR count). The first-order chi connectivity index (χ1) is 25.3. The van der Waals surface area contributed by atoms with Crippen LogP contribution in [-0.2, 0) is 39.7 Å². The maximum Gasteiger partial charge on any atom is 0.187 e. The molecule has 17 unspecified atom stereocenters. The largest absolute Gasteiger partial charge is 0.394 e. The van der Waals surface area contributed by atoms with Crippen LogP contribution in [0.3, 0.4) is 0 Å². The van der Waals surface area contributed by atoms with E-state index in [1.54, 1.807) is 26.0 Å². The number of benzene rings is 1. The van der Waals surface area contributed by atoms with Gasteiger partial charge in [0.25, 0.3) is 0 Å². The number of ether oxygens (including phenoxy) is 7. The van der Waals surface area contributed by atoms with Gasteiger partial charge < -0.3 is 84.2 Å². The number of rotatable bonds is 13. The van der Waals surface area contributed by atoms with Gasteiger partial charge >= 0.3 is 0 Å². The van der Waals surface area contributed by atoms with Crippen LogP contribution in [0.1, 0.15) is 19.4 Å². The van der Waals surface area contributed by atoms with E-state index >= 15 is 0 Å². The Hall–Kier alpha value is -2.01. The van der Waals surface area contributed by atoms with Gasteiger partial charge in [-0.1, -0.05) is 38.1 Å². The molecule has 4 aliphatic rings. The molecular formula is C34H52N2O17. The molecule has 0 bridgehead atoms. The Kier molecular flexibility index (Phi) is 14.9. The van der Waals surface area contributed by atoms with Crippen LogP contribution in [0, 0.1) is 12.5 Å². The van der Waals surface area contributed by atoms with E-state index in [9.17, 15) is 51.1 Å². The smallest absolute Gasteiger partial charge is 0.187 e. The molecule has 17 atom stereocenters. The highest BCUT2D eigenvalue weighted by Crippen LogP contribution is 2.33. The molecule has 300 valence electrons. The summed E-state index contributed by atoms with van der Waals surface area (Å²) < 4.78 is 40.6. The highest BCUT2D eigenvalue weighted by molar-refractivity contribution is 5.45. The highest BCUT2D eigenvalue weighted by atomic mass is 16.7. The zero-order chi connectivity index (χ0) is 38.6. The summed E-state index contributed by atoms with van der Waals surface area (Å²) in [7, 11) is 0. The number of hydrogen-bond acceptors (Lipinski definition) is 18. The van der Waals surface area contributed by atoms with Crippen molar-refractivity contribution in [2.45, 2.75) is 125 Å². The summed E-state index contributed by atoms with van der Waals surface area (Å²) in [6.45, 7) is 9.34. The predicted molar refractivity (Wildman–Crippen MR) is 176 cm³/mol. The summed E-state index contributed by atoms with van der Waals surface area (Å²) >= 11 is 0. The molecule has 1 aromatic rings. The van der Waals surface area contributed by atoms with Crippen molar-refractivity contribution in [2.24, 2.45) is 5.92 Å². The Balaban J connectivity index is 1.26. The van der Waals surface area contributed by atoms with Gasteiger partial charge in [-0.3, -0.25) is 4.90 Å². The molecule has 4 saturated heterocycles. The van der Waals surface area contributed by atoms with Crippen molar-refractivity contribution in [3.8, 4) is 0 Å². The van der Waals surface area contributed by atoms with Crippen molar-refractivity contribution in [1.29, 1.82) is 0 Å². The fourth-order valence-electron chi connectivity index (χ4n) is 6.98. The van der Waals surface area contributed by atoms with E-state index in [-0.39, 0.29) is 19.1 Å². The lowest BCUT2D eigenvalue weighted by molar-refractivity contribution is -0.354. The Labute approximate surface area is 306 Å². The van der Waals surface area contributed by atoms with E-state index in [1.165, 1.54) is 0 Å². The molecule has 19 nitrogen and oxygen atoms in total. The van der Waals surface area contributed by atoms with Crippen LogP contribution in [0.25, 0.3) is 4.85 Å². The summed E-state index contributed by atoms with van der Waals surface area (Å²) in [4.78, 5) is 5.34. The molecule has 0 amide bonds. The second kappa shape index (κ2) is 18.8. The molecule has 10 N–H and O–H groups in total. The maximum absolute atomic E-state index is 11.4. The third-order valence-corrected chi connectivity index (χ3v) is 9.96. The van der Waals surface area contributed by atoms with Gasteiger partial charge in [0, 0.05) is 19.6 Å². The number of morpholine rings is 1. The fourth-order valence-corrected chi connectivity index (χ4v) is 6.98. The molecule has 4 aliphatic heterocycles. The van der Waals surface area contributed by atoms with E-state index in [4.69, 9.17) is 39.7 Å². The van der Waals surface area contributed by atoms with Gasteiger partial charge in [0.05, 0.1) is 45.2 Å². The molecule has 0 aromatic heterocycles. The minimum atomic E-state index is -1.81. The number of aliphatic hydroxyl groups excluding tert-OH is 10. The van der Waals surface area contributed by atoms with Gasteiger partial charge in [0.15, 0.2) is 24.6 Å². The summed E-state index contributed by atoms with van der Waals surface area (Å²) in [5, 5.41) is 105. The monoisotopic (exact) mass is 760 g/mol. The van der Waals surface area contributed by atoms with Crippen molar-refractivity contribution in [1.82, 2.24) is 4.90 Å². The van der Waals surface area contributed by atoms with Crippen molar-refractivity contribution < 1.29 is 84.2 Å². The summed E-state index contributed by atoms with van der Waals surface area (Å²) in [5.41, 5.74) is 1.39. The first kappa shape index (κ1) is 42.1. The molecule has 4 heterocycles. The Bertz CT molecular complexity index is 1320. The van der Waals surface area contributed by atoms with E-state index in [1.807, 2.05) is 17.0 Å². The zero-order valence-corrected chi connectivity index (χ0v) is 29.4. The Morgan fingerprint density at radius 2 is 1.32 bits per heavy atom. The van der Waals surface area contributed by atoms with Crippen LogP contribution in [0.2, 0.25) is 0 Å². The number of nitrogens with zero attached hydrogens (tertiary/aromatic N) is 2. The van der Waals surface area contributed by atoms with Crippen LogP contribution < -0.4 is 0 Å². The number of hydrogen-bond donors (Lipinski definition) is 10. The van der Waals surface area contributed by atoms with E-state index in [0.717, 1.165) is 5.56 Å². The van der Waals surface area contributed by atoms with Gasteiger partial charge in [-0.25, -0.2) is 4.85 Å². The predicted octanol–water partition coefficient (Wildman–Crippen LogP) is -4.07. The summed E-state index contributed by atoms with van der Waals surface area (Å²) in [5.74, 6) is -0.347. The average molecular weight is 761 g/mol. The van der Waals surface area contributed by atoms with Gasteiger partial charge in [0.1, 0.15) is 73.2 Å². The quantitative estimate of drug-likeness (QED) is 0.0857. The highest BCUT2D eigenvalue weighted by Gasteiger charge is 2.52. The normalized spacial score (nSPS) is 42.8. The average Bonchev–Trinajstić information content (AvgIpc) is 3.15. The first-order valence-corrected chi connectivity index (χ1v) is 17.6. The van der Waals surface area contributed by atoms with Gasteiger partial charge in [0.2, 0.25) is 0 Å². The molecule has 0 saturated carbocycles. The molecule has 0 radical (unpaired) electrons. The molecule has 0 spiro atoms. The van der Waals surface area contributed by atoms with Crippen LogP contribution in [-0.4, -0.2) is 200 Å². The van der Waals surface area contributed by atoms with Crippen molar-refractivity contribution >= 4 is 5.69 Å². The van der Waals surface area contributed by atoms with E-state index in [2.05, 4.69) is 4.85 Å². The molecule has 53 heavy (non-hydrogen) atoms. The summed E-state index contributed by atoms with van der Waals surface area (Å²) in [6.07, 6.45) is -24.2. The first-order valence-electron chi connectivity index (χ1n) is 17.6. The minimum absolute atomic E-state index is 0.171. The van der Waals surface area contributed by atoms with E-state index in [0.29, 0.717) is 18.8 Å². The minimum Gasteiger partial charge on any atom is -0.394 e. The third-order valence-electron chi connectivity index (χ3n) is 9.96.